The Balaban J connectivity index is 1.79. The Labute approximate surface area is 179 Å². The molecule has 1 atom stereocenters. The van der Waals surface area contributed by atoms with Crippen LogP contribution in [0, 0.1) is 6.92 Å². The molecule has 2 aromatic rings. The number of carbonyl (C=O) groups is 3. The number of hydrogen-bond donors (Lipinski definition) is 2. The number of rotatable bonds is 6. The number of ether oxygens (including phenoxy) is 1. The number of aliphatic carboxylic acids is 1. The molecule has 0 radical (unpaired) electrons. The van der Waals surface area contributed by atoms with Crippen LogP contribution in [0.3, 0.4) is 0 Å². The second-order valence-electron chi connectivity index (χ2n) is 7.15. The highest BCUT2D eigenvalue weighted by Gasteiger charge is 2.33. The fourth-order valence-corrected chi connectivity index (χ4v) is 3.72. The number of anilines is 1. The van der Waals surface area contributed by atoms with Crippen molar-refractivity contribution in [3.8, 4) is 5.75 Å². The lowest BCUT2D eigenvalue weighted by atomic mass is 9.99. The summed E-state index contributed by atoms with van der Waals surface area (Å²) in [7, 11) is 0. The van der Waals surface area contributed by atoms with Crippen molar-refractivity contribution in [3.63, 3.8) is 0 Å². The Morgan fingerprint density at radius 2 is 1.93 bits per heavy atom. The third-order valence-electron chi connectivity index (χ3n) is 4.96. The van der Waals surface area contributed by atoms with Gasteiger partial charge >= 0.3 is 5.97 Å². The predicted molar refractivity (Wildman–Crippen MR) is 113 cm³/mol. The van der Waals surface area contributed by atoms with Gasteiger partial charge in [-0.25, -0.2) is 4.79 Å². The van der Waals surface area contributed by atoms with Crippen LogP contribution in [0.25, 0.3) is 0 Å². The van der Waals surface area contributed by atoms with Crippen molar-refractivity contribution in [2.45, 2.75) is 32.2 Å². The van der Waals surface area contributed by atoms with E-state index in [2.05, 4.69) is 5.32 Å². The zero-order valence-electron chi connectivity index (χ0n) is 16.6. The molecule has 0 unspecified atom stereocenters. The van der Waals surface area contributed by atoms with Crippen LogP contribution < -0.4 is 10.1 Å². The van der Waals surface area contributed by atoms with Crippen LogP contribution in [-0.4, -0.2) is 47.0 Å². The van der Waals surface area contributed by atoms with Gasteiger partial charge in [0.2, 0.25) is 5.91 Å². The van der Waals surface area contributed by atoms with Gasteiger partial charge in [-0.3, -0.25) is 9.59 Å². The number of hydrogen-bond acceptors (Lipinski definition) is 4. The van der Waals surface area contributed by atoms with E-state index >= 15 is 0 Å². The molecule has 158 valence electrons. The standard InChI is InChI=1S/C22H23ClN2O5/c1-14-11-16(23)17(12-19(14)30-13-20(26)27)24-21(28)18-9-5-6-10-25(18)22(29)15-7-3-2-4-8-15/h2-4,7-8,11-12,18H,5-6,9-10,13H2,1H3,(H,24,28)(H,26,27)/t18-/m1/s1. The largest absolute Gasteiger partial charge is 0.482 e. The van der Waals surface area contributed by atoms with E-state index in [1.54, 1.807) is 42.2 Å². The number of nitrogens with zero attached hydrogens (tertiary/aromatic N) is 1. The third kappa shape index (κ3) is 5.10. The summed E-state index contributed by atoms with van der Waals surface area (Å²) in [6.45, 7) is 1.73. The molecular weight excluding hydrogens is 408 g/mol. The van der Waals surface area contributed by atoms with Gasteiger partial charge in [0, 0.05) is 18.2 Å². The molecule has 30 heavy (non-hydrogen) atoms. The summed E-state index contributed by atoms with van der Waals surface area (Å²) in [5.74, 6) is -1.31. The van der Waals surface area contributed by atoms with Crippen LogP contribution in [0.1, 0.15) is 35.2 Å². The molecule has 1 heterocycles. The molecule has 0 saturated carbocycles. The second-order valence-corrected chi connectivity index (χ2v) is 7.55. The van der Waals surface area contributed by atoms with Gasteiger partial charge in [0.15, 0.2) is 6.61 Å². The number of carboxylic acid groups (broad SMARTS) is 1. The molecule has 2 N–H and O–H groups in total. The van der Waals surface area contributed by atoms with Crippen molar-refractivity contribution in [2.24, 2.45) is 0 Å². The van der Waals surface area contributed by atoms with E-state index in [9.17, 15) is 14.4 Å². The van der Waals surface area contributed by atoms with Crippen molar-refractivity contribution < 1.29 is 24.2 Å². The first-order chi connectivity index (χ1) is 14.4. The highest BCUT2D eigenvalue weighted by atomic mass is 35.5. The number of carbonyl (C=O) groups excluding carboxylic acids is 2. The lowest BCUT2D eigenvalue weighted by Crippen LogP contribution is -2.50. The Morgan fingerprint density at radius 1 is 1.20 bits per heavy atom. The van der Waals surface area contributed by atoms with Gasteiger partial charge in [0.25, 0.3) is 5.91 Å². The van der Waals surface area contributed by atoms with E-state index in [1.165, 1.54) is 6.07 Å². The van der Waals surface area contributed by atoms with Crippen LogP contribution in [0.15, 0.2) is 42.5 Å². The predicted octanol–water partition coefficient (Wildman–Crippen LogP) is 3.75. The maximum Gasteiger partial charge on any atom is 0.341 e. The molecule has 7 nitrogen and oxygen atoms in total. The fraction of sp³-hybridized carbons (Fsp3) is 0.318. The Bertz CT molecular complexity index is 948. The van der Waals surface area contributed by atoms with Crippen LogP contribution in [0.4, 0.5) is 5.69 Å². The summed E-state index contributed by atoms with van der Waals surface area (Å²) in [4.78, 5) is 38.3. The Kier molecular flexibility index (Phi) is 6.95. The van der Waals surface area contributed by atoms with Crippen LogP contribution in [0.5, 0.6) is 5.75 Å². The van der Waals surface area contributed by atoms with Crippen LogP contribution >= 0.6 is 11.6 Å². The molecule has 3 rings (SSSR count). The van der Waals surface area contributed by atoms with Crippen LogP contribution in [0.2, 0.25) is 5.02 Å². The molecule has 1 aliphatic heterocycles. The number of benzene rings is 2. The zero-order chi connectivity index (χ0) is 21.7. The number of aryl methyl sites for hydroxylation is 1. The molecule has 0 aromatic heterocycles. The number of nitrogens with one attached hydrogen (secondary N) is 1. The highest BCUT2D eigenvalue weighted by Crippen LogP contribution is 2.31. The fourth-order valence-electron chi connectivity index (χ4n) is 3.45. The van der Waals surface area contributed by atoms with Gasteiger partial charge in [0.1, 0.15) is 11.8 Å². The summed E-state index contributed by atoms with van der Waals surface area (Å²) < 4.78 is 5.26. The first-order valence-corrected chi connectivity index (χ1v) is 10.1. The van der Waals surface area contributed by atoms with E-state index in [1.807, 2.05) is 6.07 Å². The molecule has 2 amide bonds. The minimum absolute atomic E-state index is 0.184. The van der Waals surface area contributed by atoms with E-state index in [-0.39, 0.29) is 11.8 Å². The minimum atomic E-state index is -1.10. The van der Waals surface area contributed by atoms with Gasteiger partial charge < -0.3 is 20.1 Å². The van der Waals surface area contributed by atoms with E-state index < -0.39 is 18.6 Å². The second kappa shape index (κ2) is 9.63. The van der Waals surface area contributed by atoms with Crippen molar-refractivity contribution in [2.75, 3.05) is 18.5 Å². The van der Waals surface area contributed by atoms with Gasteiger partial charge in [-0.15, -0.1) is 0 Å². The number of carboxylic acids is 1. The summed E-state index contributed by atoms with van der Waals surface area (Å²) in [6.07, 6.45) is 2.22. The number of amides is 2. The molecule has 2 aromatic carbocycles. The third-order valence-corrected chi connectivity index (χ3v) is 5.27. The normalized spacial score (nSPS) is 16.1. The van der Waals surface area contributed by atoms with E-state index in [0.29, 0.717) is 40.6 Å². The Morgan fingerprint density at radius 3 is 2.63 bits per heavy atom. The number of piperidine rings is 1. The monoisotopic (exact) mass is 430 g/mol. The molecular formula is C22H23ClN2O5. The molecule has 1 saturated heterocycles. The first kappa shape index (κ1) is 21.6. The van der Waals surface area contributed by atoms with Gasteiger partial charge in [0.05, 0.1) is 10.7 Å². The molecule has 1 fully saturated rings. The van der Waals surface area contributed by atoms with Gasteiger partial charge in [-0.2, -0.15) is 0 Å². The molecule has 0 aliphatic carbocycles. The lowest BCUT2D eigenvalue weighted by molar-refractivity contribution is -0.139. The van der Waals surface area contributed by atoms with Crippen molar-refractivity contribution >= 4 is 35.1 Å². The maximum absolute atomic E-state index is 13.0. The highest BCUT2D eigenvalue weighted by molar-refractivity contribution is 6.34. The molecule has 0 bridgehead atoms. The van der Waals surface area contributed by atoms with Crippen LogP contribution in [-0.2, 0) is 9.59 Å². The average Bonchev–Trinajstić information content (AvgIpc) is 2.74. The molecule has 0 spiro atoms. The van der Waals surface area contributed by atoms with Crippen molar-refractivity contribution in [1.29, 1.82) is 0 Å². The summed E-state index contributed by atoms with van der Waals surface area (Å²) in [6, 6.07) is 11.4. The topological polar surface area (TPSA) is 95.9 Å². The van der Waals surface area contributed by atoms with E-state index in [4.69, 9.17) is 21.4 Å². The van der Waals surface area contributed by atoms with Crippen molar-refractivity contribution in [3.05, 3.63) is 58.6 Å². The lowest BCUT2D eigenvalue weighted by Gasteiger charge is -2.35. The molecule has 1 aliphatic rings. The van der Waals surface area contributed by atoms with Crippen molar-refractivity contribution in [1.82, 2.24) is 4.90 Å². The van der Waals surface area contributed by atoms with E-state index in [0.717, 1.165) is 12.8 Å². The summed E-state index contributed by atoms with van der Waals surface area (Å²) in [5, 5.41) is 11.9. The Hall–Kier alpha value is -3.06. The van der Waals surface area contributed by atoms with Gasteiger partial charge in [-0.05, 0) is 49.9 Å². The average molecular weight is 431 g/mol. The summed E-state index contributed by atoms with van der Waals surface area (Å²) >= 11 is 6.27. The molecule has 8 heteroatoms. The maximum atomic E-state index is 13.0. The van der Waals surface area contributed by atoms with Gasteiger partial charge in [-0.1, -0.05) is 29.8 Å². The minimum Gasteiger partial charge on any atom is -0.482 e. The summed E-state index contributed by atoms with van der Waals surface area (Å²) in [5.41, 5.74) is 1.50. The first-order valence-electron chi connectivity index (χ1n) is 9.68. The zero-order valence-corrected chi connectivity index (χ0v) is 17.3. The quantitative estimate of drug-likeness (QED) is 0.727. The number of likely N-dealkylation sites (tertiary alicyclic amines) is 1. The number of halogens is 1. The SMILES string of the molecule is Cc1cc(Cl)c(NC(=O)[C@H]2CCCCN2C(=O)c2ccccc2)cc1OCC(=O)O. The smallest absolute Gasteiger partial charge is 0.341 e.